The molecule has 0 aliphatic rings. The normalized spacial score (nSPS) is 10.3. The van der Waals surface area contributed by atoms with Gasteiger partial charge in [0, 0.05) is 18.6 Å². The first-order valence-corrected chi connectivity index (χ1v) is 4.88. The molecule has 2 aromatic rings. The summed E-state index contributed by atoms with van der Waals surface area (Å²) < 4.78 is 1.55. The Hall–Kier alpha value is -2.17. The molecule has 0 saturated heterocycles. The molecule has 5 nitrogen and oxygen atoms in total. The fourth-order valence-corrected chi connectivity index (χ4v) is 1.47. The molecule has 0 bridgehead atoms. The van der Waals surface area contributed by atoms with Gasteiger partial charge < -0.3 is 5.73 Å². The molecule has 0 unspecified atom stereocenters. The van der Waals surface area contributed by atoms with E-state index in [1.807, 2.05) is 13.0 Å². The minimum Gasteiger partial charge on any atom is -0.384 e. The van der Waals surface area contributed by atoms with Crippen molar-refractivity contribution in [2.45, 2.75) is 13.5 Å². The van der Waals surface area contributed by atoms with Gasteiger partial charge in [-0.15, -0.1) is 0 Å². The van der Waals surface area contributed by atoms with Crippen molar-refractivity contribution < 1.29 is 0 Å². The SMILES string of the molecule is Cc1cnc(=O)n(Cc2ccnc(N)c2)c1. The first-order valence-electron chi connectivity index (χ1n) is 4.88. The van der Waals surface area contributed by atoms with Crippen molar-refractivity contribution in [3.63, 3.8) is 0 Å². The van der Waals surface area contributed by atoms with Crippen LogP contribution in [0.15, 0.2) is 35.5 Å². The molecule has 82 valence electrons. The fourth-order valence-electron chi connectivity index (χ4n) is 1.47. The number of rotatable bonds is 2. The molecular formula is C11H12N4O. The molecule has 0 spiro atoms. The summed E-state index contributed by atoms with van der Waals surface area (Å²) in [6.07, 6.45) is 4.95. The van der Waals surface area contributed by atoms with Crippen molar-refractivity contribution in [2.75, 3.05) is 5.73 Å². The van der Waals surface area contributed by atoms with Gasteiger partial charge in [-0.05, 0) is 30.2 Å². The minimum absolute atomic E-state index is 0.263. The zero-order valence-corrected chi connectivity index (χ0v) is 8.92. The van der Waals surface area contributed by atoms with Gasteiger partial charge in [-0.3, -0.25) is 4.57 Å². The van der Waals surface area contributed by atoms with Crippen LogP contribution in [0.5, 0.6) is 0 Å². The molecule has 0 radical (unpaired) electrons. The Bertz CT molecular complexity index is 562. The van der Waals surface area contributed by atoms with E-state index < -0.39 is 0 Å². The predicted octanol–water partition coefficient (Wildman–Crippen LogP) is 0.577. The van der Waals surface area contributed by atoms with E-state index in [4.69, 9.17) is 5.73 Å². The van der Waals surface area contributed by atoms with Crippen LogP contribution < -0.4 is 11.4 Å². The van der Waals surface area contributed by atoms with Crippen LogP contribution in [-0.4, -0.2) is 14.5 Å². The average Bonchev–Trinajstić information content (AvgIpc) is 2.24. The van der Waals surface area contributed by atoms with Gasteiger partial charge in [0.25, 0.3) is 0 Å². The van der Waals surface area contributed by atoms with Gasteiger partial charge >= 0.3 is 5.69 Å². The summed E-state index contributed by atoms with van der Waals surface area (Å²) in [7, 11) is 0. The summed E-state index contributed by atoms with van der Waals surface area (Å²) in [5.74, 6) is 0.450. The van der Waals surface area contributed by atoms with Gasteiger partial charge in [0.2, 0.25) is 0 Å². The third kappa shape index (κ3) is 2.25. The number of nitrogen functional groups attached to an aromatic ring is 1. The lowest BCUT2D eigenvalue weighted by Gasteiger charge is -2.05. The molecule has 2 rings (SSSR count). The minimum atomic E-state index is -0.263. The van der Waals surface area contributed by atoms with Gasteiger partial charge in [-0.25, -0.2) is 14.8 Å². The maximum atomic E-state index is 11.5. The molecule has 0 saturated carbocycles. The Morgan fingerprint density at radius 2 is 2.25 bits per heavy atom. The molecule has 0 fully saturated rings. The summed E-state index contributed by atoms with van der Waals surface area (Å²) >= 11 is 0. The number of nitrogens with two attached hydrogens (primary N) is 1. The molecule has 0 aliphatic heterocycles. The van der Waals surface area contributed by atoms with Gasteiger partial charge in [-0.1, -0.05) is 0 Å². The smallest absolute Gasteiger partial charge is 0.347 e. The van der Waals surface area contributed by atoms with E-state index in [1.54, 1.807) is 29.2 Å². The fraction of sp³-hybridized carbons (Fsp3) is 0.182. The first kappa shape index (κ1) is 10.4. The number of anilines is 1. The van der Waals surface area contributed by atoms with Crippen molar-refractivity contribution in [2.24, 2.45) is 0 Å². The highest BCUT2D eigenvalue weighted by atomic mass is 16.1. The van der Waals surface area contributed by atoms with Crippen LogP contribution in [-0.2, 0) is 6.54 Å². The molecule has 0 amide bonds. The summed E-state index contributed by atoms with van der Waals surface area (Å²) in [6.45, 7) is 2.35. The topological polar surface area (TPSA) is 73.8 Å². The number of hydrogen-bond acceptors (Lipinski definition) is 4. The Morgan fingerprint density at radius 1 is 1.44 bits per heavy atom. The van der Waals surface area contributed by atoms with Crippen LogP contribution in [0.25, 0.3) is 0 Å². The molecular weight excluding hydrogens is 204 g/mol. The molecule has 0 aliphatic carbocycles. The van der Waals surface area contributed by atoms with Crippen LogP contribution in [0.4, 0.5) is 5.82 Å². The largest absolute Gasteiger partial charge is 0.384 e. The Kier molecular flexibility index (Phi) is 2.68. The van der Waals surface area contributed by atoms with Crippen LogP contribution in [0, 0.1) is 6.92 Å². The highest BCUT2D eigenvalue weighted by molar-refractivity contribution is 5.31. The lowest BCUT2D eigenvalue weighted by atomic mass is 10.2. The van der Waals surface area contributed by atoms with Crippen molar-refractivity contribution in [3.8, 4) is 0 Å². The van der Waals surface area contributed by atoms with E-state index in [0.717, 1.165) is 11.1 Å². The highest BCUT2D eigenvalue weighted by Crippen LogP contribution is 2.04. The molecule has 2 heterocycles. The molecule has 0 atom stereocenters. The van der Waals surface area contributed by atoms with Crippen molar-refractivity contribution in [1.29, 1.82) is 0 Å². The summed E-state index contributed by atoms with van der Waals surface area (Å²) in [6, 6.07) is 3.57. The molecule has 16 heavy (non-hydrogen) atoms. The van der Waals surface area contributed by atoms with E-state index >= 15 is 0 Å². The number of hydrogen-bond donors (Lipinski definition) is 1. The lowest BCUT2D eigenvalue weighted by Crippen LogP contribution is -2.22. The Balaban J connectivity index is 2.34. The predicted molar refractivity (Wildman–Crippen MR) is 61.0 cm³/mol. The van der Waals surface area contributed by atoms with Crippen LogP contribution in [0.3, 0.4) is 0 Å². The third-order valence-electron chi connectivity index (χ3n) is 2.18. The van der Waals surface area contributed by atoms with E-state index in [1.165, 1.54) is 0 Å². The van der Waals surface area contributed by atoms with Crippen molar-refractivity contribution >= 4 is 5.82 Å². The molecule has 2 aromatic heterocycles. The monoisotopic (exact) mass is 216 g/mol. The second-order valence-electron chi connectivity index (χ2n) is 3.63. The van der Waals surface area contributed by atoms with Crippen LogP contribution in [0.2, 0.25) is 0 Å². The van der Waals surface area contributed by atoms with E-state index in [2.05, 4.69) is 9.97 Å². The number of nitrogens with zero attached hydrogens (tertiary/aromatic N) is 3. The zero-order valence-electron chi connectivity index (χ0n) is 8.92. The molecule has 5 heteroatoms. The summed E-state index contributed by atoms with van der Waals surface area (Å²) in [5, 5.41) is 0. The Morgan fingerprint density at radius 3 is 3.00 bits per heavy atom. The van der Waals surface area contributed by atoms with Crippen molar-refractivity contribution in [1.82, 2.24) is 14.5 Å². The lowest BCUT2D eigenvalue weighted by molar-refractivity contribution is 0.720. The van der Waals surface area contributed by atoms with Gasteiger partial charge in [0.15, 0.2) is 0 Å². The van der Waals surface area contributed by atoms with Gasteiger partial charge in [0.05, 0.1) is 6.54 Å². The average molecular weight is 216 g/mol. The summed E-state index contributed by atoms with van der Waals surface area (Å²) in [4.78, 5) is 19.1. The first-order chi connectivity index (χ1) is 7.65. The second-order valence-corrected chi connectivity index (χ2v) is 3.63. The van der Waals surface area contributed by atoms with E-state index in [9.17, 15) is 4.79 Å². The quantitative estimate of drug-likeness (QED) is 0.796. The number of pyridine rings is 1. The van der Waals surface area contributed by atoms with Gasteiger partial charge in [-0.2, -0.15) is 0 Å². The Labute approximate surface area is 92.6 Å². The zero-order chi connectivity index (χ0) is 11.5. The standard InChI is InChI=1S/C11H12N4O/c1-8-5-14-11(16)15(6-8)7-9-2-3-13-10(12)4-9/h2-6H,7H2,1H3,(H2,12,13). The molecule has 2 N–H and O–H groups in total. The third-order valence-corrected chi connectivity index (χ3v) is 2.18. The number of aryl methyl sites for hydroxylation is 1. The van der Waals surface area contributed by atoms with E-state index in [-0.39, 0.29) is 5.69 Å². The van der Waals surface area contributed by atoms with Crippen LogP contribution >= 0.6 is 0 Å². The van der Waals surface area contributed by atoms with Gasteiger partial charge in [0.1, 0.15) is 5.82 Å². The highest BCUT2D eigenvalue weighted by Gasteiger charge is 2.00. The van der Waals surface area contributed by atoms with Crippen LogP contribution in [0.1, 0.15) is 11.1 Å². The van der Waals surface area contributed by atoms with E-state index in [0.29, 0.717) is 12.4 Å². The molecule has 0 aromatic carbocycles. The summed E-state index contributed by atoms with van der Waals surface area (Å²) in [5.41, 5.74) is 7.18. The van der Waals surface area contributed by atoms with Crippen molar-refractivity contribution in [3.05, 3.63) is 52.3 Å². The number of aromatic nitrogens is 3. The maximum Gasteiger partial charge on any atom is 0.347 e. The second kappa shape index (κ2) is 4.14. The maximum absolute atomic E-state index is 11.5.